The van der Waals surface area contributed by atoms with Gasteiger partial charge in [-0.25, -0.2) is 14.3 Å². The lowest BCUT2D eigenvalue weighted by Crippen LogP contribution is -2.43. The van der Waals surface area contributed by atoms with Crippen LogP contribution >= 0.6 is 33.9 Å². The summed E-state index contributed by atoms with van der Waals surface area (Å²) in [6.45, 7) is 8.16. The molecule has 3 heterocycles. The quantitative estimate of drug-likeness (QED) is 0.634. The summed E-state index contributed by atoms with van der Waals surface area (Å²) >= 11 is 3.80. The number of anilines is 1. The molecular formula is C16H24IN5O2S. The third-order valence-corrected chi connectivity index (χ3v) is 5.68. The third kappa shape index (κ3) is 4.75. The van der Waals surface area contributed by atoms with E-state index >= 15 is 0 Å². The number of likely N-dealkylation sites (tertiary alicyclic amines) is 1. The van der Waals surface area contributed by atoms with Crippen LogP contribution in [0.15, 0.2) is 6.20 Å². The number of hydrogen-bond acceptors (Lipinski definition) is 6. The van der Waals surface area contributed by atoms with Crippen molar-refractivity contribution in [2.24, 2.45) is 5.92 Å². The number of nitrogens with zero attached hydrogens (tertiary/aromatic N) is 5. The van der Waals surface area contributed by atoms with E-state index in [1.165, 1.54) is 0 Å². The van der Waals surface area contributed by atoms with Gasteiger partial charge in [0.05, 0.1) is 6.20 Å². The summed E-state index contributed by atoms with van der Waals surface area (Å²) in [6, 6.07) is 0. The first-order valence-electron chi connectivity index (χ1n) is 8.42. The number of halogens is 1. The maximum absolute atomic E-state index is 12.1. The van der Waals surface area contributed by atoms with Crippen LogP contribution in [0.25, 0.3) is 4.96 Å². The van der Waals surface area contributed by atoms with Gasteiger partial charge in [-0.1, -0.05) is 11.3 Å². The Morgan fingerprint density at radius 2 is 2.12 bits per heavy atom. The fourth-order valence-corrected chi connectivity index (χ4v) is 4.42. The van der Waals surface area contributed by atoms with Crippen LogP contribution in [-0.4, -0.2) is 57.9 Å². The maximum Gasteiger partial charge on any atom is 0.410 e. The zero-order chi connectivity index (χ0) is 18.2. The van der Waals surface area contributed by atoms with Gasteiger partial charge in [0, 0.05) is 26.7 Å². The van der Waals surface area contributed by atoms with E-state index in [-0.39, 0.29) is 6.09 Å². The molecule has 0 N–H and O–H groups in total. The molecule has 0 aliphatic carbocycles. The molecule has 1 fully saturated rings. The van der Waals surface area contributed by atoms with Crippen molar-refractivity contribution < 1.29 is 9.53 Å². The first-order chi connectivity index (χ1) is 11.7. The number of carbonyl (C=O) groups excluding carboxylic acids is 1. The zero-order valence-electron chi connectivity index (χ0n) is 15.0. The van der Waals surface area contributed by atoms with Crippen LogP contribution < -0.4 is 4.90 Å². The lowest BCUT2D eigenvalue weighted by Gasteiger charge is -2.34. The summed E-state index contributed by atoms with van der Waals surface area (Å²) in [4.78, 5) is 21.5. The Balaban J connectivity index is 1.51. The first kappa shape index (κ1) is 18.7. The topological polar surface area (TPSA) is 63.0 Å². The van der Waals surface area contributed by atoms with Crippen molar-refractivity contribution in [2.75, 3.05) is 31.6 Å². The number of ether oxygens (including phenoxy) is 1. The fraction of sp³-hybridized carbons (Fsp3) is 0.688. The van der Waals surface area contributed by atoms with E-state index in [0.717, 1.165) is 46.3 Å². The van der Waals surface area contributed by atoms with Crippen molar-refractivity contribution in [3.63, 3.8) is 0 Å². The average Bonchev–Trinajstić information content (AvgIpc) is 3.03. The van der Waals surface area contributed by atoms with E-state index < -0.39 is 5.60 Å². The molecule has 1 saturated heterocycles. The van der Waals surface area contributed by atoms with Crippen LogP contribution in [0.2, 0.25) is 0 Å². The first-order valence-corrected chi connectivity index (χ1v) is 10.3. The molecule has 138 valence electrons. The number of carbonyl (C=O) groups is 1. The summed E-state index contributed by atoms with van der Waals surface area (Å²) in [7, 11) is 2.07. The van der Waals surface area contributed by atoms with E-state index in [2.05, 4.69) is 44.6 Å². The van der Waals surface area contributed by atoms with Crippen LogP contribution in [-0.2, 0) is 4.74 Å². The smallest absolute Gasteiger partial charge is 0.410 e. The Hall–Kier alpha value is -1.10. The molecule has 0 aromatic carbocycles. The number of amides is 1. The highest BCUT2D eigenvalue weighted by atomic mass is 127. The highest BCUT2D eigenvalue weighted by Gasteiger charge is 2.27. The SMILES string of the molecule is CN(CC1CCN(C(=O)OC(C)(C)C)CC1)c1nn2cc(I)nc2s1. The van der Waals surface area contributed by atoms with E-state index in [9.17, 15) is 4.79 Å². The number of rotatable bonds is 3. The lowest BCUT2D eigenvalue weighted by molar-refractivity contribution is 0.0186. The summed E-state index contributed by atoms with van der Waals surface area (Å²) in [5, 5.41) is 5.57. The molecule has 0 unspecified atom stereocenters. The van der Waals surface area contributed by atoms with Crippen molar-refractivity contribution >= 4 is 50.1 Å². The Labute approximate surface area is 165 Å². The van der Waals surface area contributed by atoms with Gasteiger partial charge in [-0.05, 0) is 62.1 Å². The molecule has 7 nitrogen and oxygen atoms in total. The predicted octanol–water partition coefficient (Wildman–Crippen LogP) is 3.48. The molecule has 0 atom stereocenters. The zero-order valence-corrected chi connectivity index (χ0v) is 18.0. The van der Waals surface area contributed by atoms with Gasteiger partial charge in [-0.15, -0.1) is 5.10 Å². The second-order valence-electron chi connectivity index (χ2n) is 7.47. The average molecular weight is 477 g/mol. The number of hydrogen-bond donors (Lipinski definition) is 0. The molecular weight excluding hydrogens is 453 g/mol. The van der Waals surface area contributed by atoms with E-state index in [1.807, 2.05) is 36.4 Å². The molecule has 3 rings (SSSR count). The van der Waals surface area contributed by atoms with Crippen molar-refractivity contribution in [1.82, 2.24) is 19.5 Å². The second kappa shape index (κ2) is 7.26. The van der Waals surface area contributed by atoms with E-state index in [1.54, 1.807) is 11.3 Å². The molecule has 0 spiro atoms. The predicted molar refractivity (Wildman–Crippen MR) is 107 cm³/mol. The molecule has 0 bridgehead atoms. The molecule has 1 aliphatic heterocycles. The molecule has 1 aliphatic rings. The van der Waals surface area contributed by atoms with Gasteiger partial charge in [0.1, 0.15) is 9.30 Å². The Morgan fingerprint density at radius 1 is 1.44 bits per heavy atom. The van der Waals surface area contributed by atoms with Crippen LogP contribution in [0.1, 0.15) is 33.6 Å². The van der Waals surface area contributed by atoms with Crippen molar-refractivity contribution in [3.8, 4) is 0 Å². The van der Waals surface area contributed by atoms with Crippen LogP contribution in [0, 0.1) is 9.62 Å². The Bertz CT molecular complexity index is 714. The largest absolute Gasteiger partial charge is 0.444 e. The van der Waals surface area contributed by atoms with Gasteiger partial charge in [0.15, 0.2) is 0 Å². The normalized spacial score (nSPS) is 16.4. The van der Waals surface area contributed by atoms with Crippen LogP contribution in [0.3, 0.4) is 0 Å². The number of imidazole rings is 1. The van der Waals surface area contributed by atoms with Gasteiger partial charge >= 0.3 is 6.09 Å². The van der Waals surface area contributed by atoms with Crippen molar-refractivity contribution in [1.29, 1.82) is 0 Å². The van der Waals surface area contributed by atoms with Gasteiger partial charge in [-0.2, -0.15) is 0 Å². The standard InChI is InChI=1S/C16H24IN5O2S/c1-16(2,3)24-15(23)21-7-5-11(6-8-21)9-20(4)14-19-22-10-12(17)18-13(22)25-14/h10-11H,5-9H2,1-4H3. The van der Waals surface area contributed by atoms with Crippen molar-refractivity contribution in [2.45, 2.75) is 39.2 Å². The third-order valence-electron chi connectivity index (χ3n) is 4.13. The Morgan fingerprint density at radius 3 is 2.72 bits per heavy atom. The Kier molecular flexibility index (Phi) is 5.42. The van der Waals surface area contributed by atoms with Crippen LogP contribution in [0.4, 0.5) is 9.93 Å². The second-order valence-corrected chi connectivity index (χ2v) is 9.51. The molecule has 1 amide bonds. The molecule has 2 aromatic heterocycles. The summed E-state index contributed by atoms with van der Waals surface area (Å²) in [5.74, 6) is 0.556. The molecule has 0 saturated carbocycles. The molecule has 2 aromatic rings. The molecule has 0 radical (unpaired) electrons. The van der Waals surface area contributed by atoms with E-state index in [4.69, 9.17) is 4.74 Å². The lowest BCUT2D eigenvalue weighted by atomic mass is 9.97. The molecule has 9 heteroatoms. The van der Waals surface area contributed by atoms with Gasteiger partial charge in [-0.3, -0.25) is 0 Å². The number of piperidine rings is 1. The summed E-state index contributed by atoms with van der Waals surface area (Å²) < 4.78 is 8.25. The van der Waals surface area contributed by atoms with Gasteiger partial charge in [0.25, 0.3) is 0 Å². The maximum atomic E-state index is 12.1. The van der Waals surface area contributed by atoms with Gasteiger partial charge < -0.3 is 14.5 Å². The summed E-state index contributed by atoms with van der Waals surface area (Å²) in [5.41, 5.74) is -0.436. The highest BCUT2D eigenvalue weighted by molar-refractivity contribution is 14.1. The summed E-state index contributed by atoms with van der Waals surface area (Å²) in [6.07, 6.45) is 3.71. The monoisotopic (exact) mass is 477 g/mol. The number of fused-ring (bicyclic) bond motifs is 1. The minimum atomic E-state index is -0.436. The molecule has 25 heavy (non-hydrogen) atoms. The highest BCUT2D eigenvalue weighted by Crippen LogP contribution is 2.26. The van der Waals surface area contributed by atoms with Crippen LogP contribution in [0.5, 0.6) is 0 Å². The minimum absolute atomic E-state index is 0.199. The fourth-order valence-electron chi connectivity index (χ4n) is 2.91. The minimum Gasteiger partial charge on any atom is -0.444 e. The number of aromatic nitrogens is 3. The van der Waals surface area contributed by atoms with E-state index in [0.29, 0.717) is 5.92 Å². The van der Waals surface area contributed by atoms with Gasteiger partial charge in [0.2, 0.25) is 10.1 Å². The van der Waals surface area contributed by atoms with Crippen molar-refractivity contribution in [3.05, 3.63) is 9.90 Å².